The van der Waals surface area contributed by atoms with E-state index in [0.29, 0.717) is 5.69 Å². The summed E-state index contributed by atoms with van der Waals surface area (Å²) in [6.45, 7) is 0. The van der Waals surface area contributed by atoms with Crippen LogP contribution in [0.4, 0.5) is 10.1 Å². The number of carbonyl (C=O) groups excluding carboxylic acids is 2. The first-order chi connectivity index (χ1) is 11.8. The molecule has 1 aliphatic rings. The van der Waals surface area contributed by atoms with Crippen molar-refractivity contribution in [1.82, 2.24) is 4.90 Å². The fraction of sp³-hybridized carbons (Fsp3) is 0.529. The first-order valence-corrected chi connectivity index (χ1v) is 10.1. The predicted molar refractivity (Wildman–Crippen MR) is 93.3 cm³/mol. The second-order valence-corrected chi connectivity index (χ2v) is 8.45. The summed E-state index contributed by atoms with van der Waals surface area (Å²) in [7, 11) is -2.25. The van der Waals surface area contributed by atoms with E-state index in [1.807, 2.05) is 0 Å². The zero-order valence-electron chi connectivity index (χ0n) is 14.2. The van der Waals surface area contributed by atoms with Crippen molar-refractivity contribution in [3.05, 3.63) is 30.1 Å². The summed E-state index contributed by atoms with van der Waals surface area (Å²) in [6.07, 6.45) is 4.98. The summed E-state index contributed by atoms with van der Waals surface area (Å²) >= 11 is 0. The van der Waals surface area contributed by atoms with E-state index in [1.165, 1.54) is 17.0 Å². The van der Waals surface area contributed by atoms with Crippen LogP contribution >= 0.6 is 0 Å². The van der Waals surface area contributed by atoms with Gasteiger partial charge in [0.1, 0.15) is 17.3 Å². The third-order valence-corrected chi connectivity index (χ3v) is 5.73. The maximum absolute atomic E-state index is 12.8. The molecule has 0 aliphatic heterocycles. The third kappa shape index (κ3) is 6.12. The summed E-state index contributed by atoms with van der Waals surface area (Å²) in [6, 6.07) is 5.06. The average molecular weight is 370 g/mol. The minimum absolute atomic E-state index is 0.0736. The van der Waals surface area contributed by atoms with Gasteiger partial charge >= 0.3 is 0 Å². The van der Waals surface area contributed by atoms with Crippen LogP contribution in [0.3, 0.4) is 0 Å². The highest BCUT2D eigenvalue weighted by molar-refractivity contribution is 7.92. The van der Waals surface area contributed by atoms with Gasteiger partial charge in [0, 0.05) is 18.8 Å². The van der Waals surface area contributed by atoms with Crippen LogP contribution < -0.4 is 5.32 Å². The Labute approximate surface area is 147 Å². The lowest BCUT2D eigenvalue weighted by molar-refractivity contribution is -0.129. The zero-order chi connectivity index (χ0) is 18.4. The molecule has 0 atom stereocenters. The topological polar surface area (TPSA) is 83.6 Å². The average Bonchev–Trinajstić information content (AvgIpc) is 2.56. The van der Waals surface area contributed by atoms with Crippen molar-refractivity contribution in [1.29, 1.82) is 0 Å². The Morgan fingerprint density at radius 3 is 2.32 bits per heavy atom. The van der Waals surface area contributed by atoms with E-state index >= 15 is 0 Å². The summed E-state index contributed by atoms with van der Waals surface area (Å²) in [5, 5.41) is 2.38. The lowest BCUT2D eigenvalue weighted by Gasteiger charge is -2.31. The molecule has 0 heterocycles. The number of amides is 2. The van der Waals surface area contributed by atoms with Gasteiger partial charge in [0.15, 0.2) is 9.84 Å². The summed E-state index contributed by atoms with van der Waals surface area (Å²) in [4.78, 5) is 25.6. The molecule has 1 aliphatic carbocycles. The summed E-state index contributed by atoms with van der Waals surface area (Å²) in [5.74, 6) is -3.16. The Morgan fingerprint density at radius 2 is 1.72 bits per heavy atom. The van der Waals surface area contributed by atoms with Gasteiger partial charge in [-0.15, -0.1) is 0 Å². The summed E-state index contributed by atoms with van der Waals surface area (Å²) < 4.78 is 37.0. The fourth-order valence-corrected chi connectivity index (χ4v) is 4.10. The van der Waals surface area contributed by atoms with Crippen LogP contribution in [-0.2, 0) is 19.4 Å². The molecule has 6 nitrogen and oxygen atoms in total. The first kappa shape index (κ1) is 19.4. The van der Waals surface area contributed by atoms with E-state index in [-0.39, 0.29) is 6.04 Å². The molecule has 0 radical (unpaired) electrons. The van der Waals surface area contributed by atoms with Gasteiger partial charge in [-0.25, -0.2) is 12.8 Å². The van der Waals surface area contributed by atoms with Gasteiger partial charge in [0.25, 0.3) is 0 Å². The number of benzene rings is 1. The largest absolute Gasteiger partial charge is 0.342 e. The van der Waals surface area contributed by atoms with Gasteiger partial charge in [-0.05, 0) is 37.1 Å². The van der Waals surface area contributed by atoms with Crippen LogP contribution in [0, 0.1) is 5.82 Å². The second-order valence-electron chi connectivity index (χ2n) is 6.38. The van der Waals surface area contributed by atoms with Gasteiger partial charge in [0.2, 0.25) is 11.8 Å². The Kier molecular flexibility index (Phi) is 6.52. The van der Waals surface area contributed by atoms with Crippen molar-refractivity contribution < 1.29 is 22.4 Å². The molecule has 0 aromatic heterocycles. The van der Waals surface area contributed by atoms with Crippen molar-refractivity contribution in [3.8, 4) is 0 Å². The van der Waals surface area contributed by atoms with E-state index in [0.717, 1.165) is 44.2 Å². The smallest absolute Gasteiger partial charge is 0.239 e. The monoisotopic (exact) mass is 370 g/mol. The van der Waals surface area contributed by atoms with Crippen LogP contribution in [0.1, 0.15) is 32.1 Å². The number of nitrogens with zero attached hydrogens (tertiary/aromatic N) is 1. The Morgan fingerprint density at radius 1 is 1.12 bits per heavy atom. The molecular formula is C17H23FN2O4S. The van der Waals surface area contributed by atoms with Crippen LogP contribution in [0.15, 0.2) is 24.3 Å². The quantitative estimate of drug-likeness (QED) is 0.830. The van der Waals surface area contributed by atoms with Gasteiger partial charge < -0.3 is 10.2 Å². The summed E-state index contributed by atoms with van der Waals surface area (Å²) in [5.41, 5.74) is 0.298. The molecule has 0 bridgehead atoms. The third-order valence-electron chi connectivity index (χ3n) is 4.34. The SMILES string of the molecule is CN(C(=O)CS(=O)(=O)CC(=O)Nc1ccc(F)cc1)C1CCCCC1. The molecule has 1 N–H and O–H groups in total. The number of sulfone groups is 1. The van der Waals surface area contributed by atoms with Crippen LogP contribution in [-0.4, -0.2) is 49.7 Å². The molecule has 138 valence electrons. The van der Waals surface area contributed by atoms with E-state index in [4.69, 9.17) is 0 Å². The normalized spacial score (nSPS) is 15.6. The molecule has 1 aromatic carbocycles. The molecule has 2 amide bonds. The predicted octanol–water partition coefficient (Wildman–Crippen LogP) is 1.97. The maximum atomic E-state index is 12.8. The lowest BCUT2D eigenvalue weighted by Crippen LogP contribution is -2.42. The van der Waals surface area contributed by atoms with Crippen molar-refractivity contribution in [2.45, 2.75) is 38.1 Å². The molecule has 8 heteroatoms. The Bertz CT molecular complexity index is 713. The molecule has 2 rings (SSSR count). The highest BCUT2D eigenvalue weighted by Crippen LogP contribution is 2.21. The molecule has 1 aromatic rings. The zero-order valence-corrected chi connectivity index (χ0v) is 15.0. The number of halogens is 1. The van der Waals surface area contributed by atoms with Crippen LogP contribution in [0.5, 0.6) is 0 Å². The number of carbonyl (C=O) groups is 2. The Hall–Kier alpha value is -1.96. The molecule has 25 heavy (non-hydrogen) atoms. The van der Waals surface area contributed by atoms with Crippen LogP contribution in [0.2, 0.25) is 0 Å². The van der Waals surface area contributed by atoms with Gasteiger partial charge in [-0.2, -0.15) is 0 Å². The first-order valence-electron chi connectivity index (χ1n) is 8.28. The number of hydrogen-bond donors (Lipinski definition) is 1. The maximum Gasteiger partial charge on any atom is 0.239 e. The molecule has 0 spiro atoms. The molecular weight excluding hydrogens is 347 g/mol. The van der Waals surface area contributed by atoms with E-state index in [2.05, 4.69) is 5.32 Å². The number of hydrogen-bond acceptors (Lipinski definition) is 4. The van der Waals surface area contributed by atoms with Crippen molar-refractivity contribution in [3.63, 3.8) is 0 Å². The number of anilines is 1. The van der Waals surface area contributed by atoms with Crippen molar-refractivity contribution in [2.24, 2.45) is 0 Å². The lowest BCUT2D eigenvalue weighted by atomic mass is 9.94. The second kappa shape index (κ2) is 8.42. The van der Waals surface area contributed by atoms with E-state index < -0.39 is 39.0 Å². The number of nitrogens with one attached hydrogen (secondary N) is 1. The Balaban J connectivity index is 1.88. The van der Waals surface area contributed by atoms with Crippen LogP contribution in [0.25, 0.3) is 0 Å². The van der Waals surface area contributed by atoms with Gasteiger partial charge in [-0.3, -0.25) is 9.59 Å². The molecule has 1 saturated carbocycles. The molecule has 0 saturated heterocycles. The highest BCUT2D eigenvalue weighted by atomic mass is 32.2. The minimum Gasteiger partial charge on any atom is -0.342 e. The highest BCUT2D eigenvalue weighted by Gasteiger charge is 2.27. The fourth-order valence-electron chi connectivity index (χ4n) is 2.94. The van der Waals surface area contributed by atoms with E-state index in [1.54, 1.807) is 7.05 Å². The van der Waals surface area contributed by atoms with E-state index in [9.17, 15) is 22.4 Å². The van der Waals surface area contributed by atoms with Crippen molar-refractivity contribution >= 4 is 27.3 Å². The van der Waals surface area contributed by atoms with Gasteiger partial charge in [0.05, 0.1) is 0 Å². The number of rotatable bonds is 6. The molecule has 0 unspecified atom stereocenters. The van der Waals surface area contributed by atoms with Crippen molar-refractivity contribution in [2.75, 3.05) is 23.9 Å². The minimum atomic E-state index is -3.87. The van der Waals surface area contributed by atoms with Gasteiger partial charge in [-0.1, -0.05) is 19.3 Å². The standard InChI is InChI=1S/C17H23FN2O4S/c1-20(15-5-3-2-4-6-15)17(22)12-25(23,24)11-16(21)19-14-9-7-13(18)8-10-14/h7-10,15H,2-6,11-12H2,1H3,(H,19,21). The molecule has 1 fully saturated rings.